The van der Waals surface area contributed by atoms with Gasteiger partial charge in [0, 0.05) is 10.1 Å². The quantitative estimate of drug-likeness (QED) is 0.567. The molecule has 1 aliphatic heterocycles. The number of carbonyl (C=O) groups excluding carboxylic acids is 1. The first-order chi connectivity index (χ1) is 11.7. The van der Waals surface area contributed by atoms with E-state index in [-0.39, 0.29) is 12.7 Å². The van der Waals surface area contributed by atoms with Crippen molar-refractivity contribution in [3.8, 4) is 11.5 Å². The predicted molar refractivity (Wildman–Crippen MR) is 94.5 cm³/mol. The molecule has 0 atom stereocenters. The fourth-order valence-corrected chi connectivity index (χ4v) is 3.78. The van der Waals surface area contributed by atoms with Gasteiger partial charge in [-0.2, -0.15) is 5.10 Å². The minimum absolute atomic E-state index is 0.219. The summed E-state index contributed by atoms with van der Waals surface area (Å²) in [6.07, 6.45) is 1.54. The maximum absolute atomic E-state index is 12.3. The molecule has 0 spiro atoms. The number of thiophene rings is 1. The minimum atomic E-state index is -0.335. The Morgan fingerprint density at radius 2 is 2.04 bits per heavy atom. The van der Waals surface area contributed by atoms with Crippen LogP contribution in [-0.4, -0.2) is 18.9 Å². The van der Waals surface area contributed by atoms with Gasteiger partial charge in [0.2, 0.25) is 6.79 Å². The summed E-state index contributed by atoms with van der Waals surface area (Å²) in [5.41, 5.74) is 3.29. The number of hydrazone groups is 1. The smallest absolute Gasteiger partial charge is 0.283 e. The Labute approximate surface area is 146 Å². The molecule has 4 rings (SSSR count). The van der Waals surface area contributed by atoms with Gasteiger partial charge in [-0.3, -0.25) is 4.79 Å². The van der Waals surface area contributed by atoms with Crippen LogP contribution in [-0.2, 0) is 0 Å². The second-order valence-corrected chi connectivity index (χ2v) is 6.48. The highest BCUT2D eigenvalue weighted by atomic mass is 35.5. The number of hydrogen-bond donors (Lipinski definition) is 1. The van der Waals surface area contributed by atoms with Crippen molar-refractivity contribution in [3.05, 3.63) is 57.9 Å². The summed E-state index contributed by atoms with van der Waals surface area (Å²) >= 11 is 7.62. The molecule has 0 radical (unpaired) electrons. The van der Waals surface area contributed by atoms with Gasteiger partial charge in [-0.05, 0) is 29.8 Å². The molecular formula is C17H11ClN2O3S. The molecule has 1 amide bonds. The molecule has 0 bridgehead atoms. The molecule has 1 aromatic heterocycles. The van der Waals surface area contributed by atoms with E-state index in [1.807, 2.05) is 30.3 Å². The predicted octanol–water partition coefficient (Wildman–Crippen LogP) is 4.05. The maximum atomic E-state index is 12.3. The first-order valence-corrected chi connectivity index (χ1v) is 8.32. The van der Waals surface area contributed by atoms with Crippen LogP contribution in [0.25, 0.3) is 10.1 Å². The Balaban J connectivity index is 1.50. The number of benzene rings is 2. The molecule has 2 aromatic carbocycles. The Kier molecular flexibility index (Phi) is 3.84. The van der Waals surface area contributed by atoms with Gasteiger partial charge in [-0.15, -0.1) is 11.3 Å². The number of carbonyl (C=O) groups is 1. The summed E-state index contributed by atoms with van der Waals surface area (Å²) < 4.78 is 11.5. The van der Waals surface area contributed by atoms with Crippen molar-refractivity contribution in [2.45, 2.75) is 0 Å². The molecule has 0 saturated heterocycles. The second-order valence-electron chi connectivity index (χ2n) is 5.05. The summed E-state index contributed by atoms with van der Waals surface area (Å²) in [5, 5.41) is 5.30. The van der Waals surface area contributed by atoms with Crippen LogP contribution in [0.3, 0.4) is 0 Å². The van der Waals surface area contributed by atoms with Gasteiger partial charge in [0.15, 0.2) is 11.5 Å². The average Bonchev–Trinajstić information content (AvgIpc) is 3.19. The number of nitrogens with one attached hydrogen (secondary N) is 1. The maximum Gasteiger partial charge on any atom is 0.283 e. The van der Waals surface area contributed by atoms with E-state index in [1.54, 1.807) is 18.3 Å². The van der Waals surface area contributed by atoms with E-state index in [4.69, 9.17) is 21.1 Å². The third-order valence-electron chi connectivity index (χ3n) is 3.52. The van der Waals surface area contributed by atoms with Crippen molar-refractivity contribution < 1.29 is 14.3 Å². The molecule has 24 heavy (non-hydrogen) atoms. The van der Waals surface area contributed by atoms with Gasteiger partial charge in [0.25, 0.3) is 5.91 Å². The van der Waals surface area contributed by atoms with Gasteiger partial charge in [-0.25, -0.2) is 5.43 Å². The summed E-state index contributed by atoms with van der Waals surface area (Å²) in [6, 6.07) is 13.0. The summed E-state index contributed by atoms with van der Waals surface area (Å²) in [6.45, 7) is 0.219. The topological polar surface area (TPSA) is 59.9 Å². The van der Waals surface area contributed by atoms with E-state index in [0.717, 1.165) is 15.6 Å². The van der Waals surface area contributed by atoms with Gasteiger partial charge in [0.1, 0.15) is 4.88 Å². The van der Waals surface area contributed by atoms with Gasteiger partial charge >= 0.3 is 0 Å². The van der Waals surface area contributed by atoms with Crippen LogP contribution in [0.1, 0.15) is 15.2 Å². The van der Waals surface area contributed by atoms with Crippen molar-refractivity contribution in [2.75, 3.05) is 6.79 Å². The average molecular weight is 359 g/mol. The van der Waals surface area contributed by atoms with Crippen LogP contribution in [0.5, 0.6) is 11.5 Å². The van der Waals surface area contributed by atoms with E-state index in [9.17, 15) is 4.79 Å². The normalized spacial score (nSPS) is 12.9. The lowest BCUT2D eigenvalue weighted by atomic mass is 10.2. The van der Waals surface area contributed by atoms with Crippen LogP contribution in [0.2, 0.25) is 5.02 Å². The van der Waals surface area contributed by atoms with E-state index in [1.165, 1.54) is 11.3 Å². The van der Waals surface area contributed by atoms with Crippen molar-refractivity contribution in [1.82, 2.24) is 5.43 Å². The monoisotopic (exact) mass is 358 g/mol. The number of halogens is 1. The van der Waals surface area contributed by atoms with Crippen molar-refractivity contribution in [3.63, 3.8) is 0 Å². The molecule has 0 aliphatic carbocycles. The van der Waals surface area contributed by atoms with Crippen LogP contribution >= 0.6 is 22.9 Å². The fourth-order valence-electron chi connectivity index (χ4n) is 2.37. The van der Waals surface area contributed by atoms with E-state index in [2.05, 4.69) is 10.5 Å². The fraction of sp³-hybridized carbons (Fsp3) is 0.0588. The lowest BCUT2D eigenvalue weighted by Gasteiger charge is -1.99. The molecule has 1 N–H and O–H groups in total. The number of amides is 1. The van der Waals surface area contributed by atoms with Crippen molar-refractivity contribution in [1.29, 1.82) is 0 Å². The van der Waals surface area contributed by atoms with Crippen molar-refractivity contribution >= 4 is 45.1 Å². The second kappa shape index (κ2) is 6.14. The molecule has 2 heterocycles. The van der Waals surface area contributed by atoms with Crippen LogP contribution in [0.15, 0.2) is 47.6 Å². The molecular weight excluding hydrogens is 348 g/mol. The molecule has 5 nitrogen and oxygen atoms in total. The highest BCUT2D eigenvalue weighted by Gasteiger charge is 2.16. The number of rotatable bonds is 3. The molecule has 0 saturated carbocycles. The highest BCUT2D eigenvalue weighted by molar-refractivity contribution is 7.21. The summed E-state index contributed by atoms with van der Waals surface area (Å²) in [4.78, 5) is 12.7. The Morgan fingerprint density at radius 3 is 2.92 bits per heavy atom. The Bertz CT molecular complexity index is 968. The SMILES string of the molecule is O=C(N/N=C\c1ccc2c(c1)OCO2)c1sc2ccccc2c1Cl. The van der Waals surface area contributed by atoms with E-state index in [0.29, 0.717) is 21.4 Å². The van der Waals surface area contributed by atoms with Crippen molar-refractivity contribution in [2.24, 2.45) is 5.10 Å². The van der Waals surface area contributed by atoms with Gasteiger partial charge in [0.05, 0.1) is 11.2 Å². The molecule has 1 aliphatic rings. The number of fused-ring (bicyclic) bond motifs is 2. The standard InChI is InChI=1S/C17H11ClN2O3S/c18-15-11-3-1-2-4-14(11)24-16(15)17(21)20-19-8-10-5-6-12-13(7-10)23-9-22-12/h1-8H,9H2,(H,20,21)/b19-8-. The molecule has 3 aromatic rings. The molecule has 120 valence electrons. The van der Waals surface area contributed by atoms with E-state index >= 15 is 0 Å². The third kappa shape index (κ3) is 2.70. The van der Waals surface area contributed by atoms with Crippen LogP contribution in [0, 0.1) is 0 Å². The third-order valence-corrected chi connectivity index (χ3v) is 5.19. The Morgan fingerprint density at radius 1 is 1.21 bits per heavy atom. The van der Waals surface area contributed by atoms with Gasteiger partial charge in [-0.1, -0.05) is 29.8 Å². The lowest BCUT2D eigenvalue weighted by molar-refractivity contribution is 0.0959. The van der Waals surface area contributed by atoms with Gasteiger partial charge < -0.3 is 9.47 Å². The van der Waals surface area contributed by atoms with Crippen LogP contribution < -0.4 is 14.9 Å². The molecule has 7 heteroatoms. The number of ether oxygens (including phenoxy) is 2. The lowest BCUT2D eigenvalue weighted by Crippen LogP contribution is -2.16. The number of hydrogen-bond acceptors (Lipinski definition) is 5. The number of nitrogens with zero attached hydrogens (tertiary/aromatic N) is 1. The Hall–Kier alpha value is -2.57. The molecule has 0 fully saturated rings. The molecule has 0 unspecified atom stereocenters. The zero-order valence-corrected chi connectivity index (χ0v) is 13.9. The first-order valence-electron chi connectivity index (χ1n) is 7.12. The first kappa shape index (κ1) is 15.0. The summed E-state index contributed by atoms with van der Waals surface area (Å²) in [5.74, 6) is 1.03. The highest BCUT2D eigenvalue weighted by Crippen LogP contribution is 2.35. The zero-order valence-electron chi connectivity index (χ0n) is 12.3. The largest absolute Gasteiger partial charge is 0.454 e. The van der Waals surface area contributed by atoms with Crippen LogP contribution in [0.4, 0.5) is 0 Å². The summed E-state index contributed by atoms with van der Waals surface area (Å²) in [7, 11) is 0. The minimum Gasteiger partial charge on any atom is -0.454 e. The van der Waals surface area contributed by atoms with E-state index < -0.39 is 0 Å². The zero-order chi connectivity index (χ0) is 16.5.